The number of rotatable bonds is 2. The Balaban J connectivity index is 1.81. The van der Waals surface area contributed by atoms with Crippen LogP contribution in [-0.2, 0) is 21.5 Å². The van der Waals surface area contributed by atoms with Crippen LogP contribution in [0, 0.1) is 22.7 Å². The van der Waals surface area contributed by atoms with Crippen LogP contribution in [0.25, 0.3) is 0 Å². The zero-order valence-corrected chi connectivity index (χ0v) is 15.2. The molecule has 1 aromatic heterocycles. The molecule has 138 valence electrons. The fourth-order valence-electron chi connectivity index (χ4n) is 6.93. The summed E-state index contributed by atoms with van der Waals surface area (Å²) in [6.07, 6.45) is 7.10. The Bertz CT molecular complexity index is 696. The van der Waals surface area contributed by atoms with Gasteiger partial charge in [0.2, 0.25) is 0 Å². The molecule has 3 aliphatic carbocycles. The lowest BCUT2D eigenvalue weighted by atomic mass is 9.40. The molecule has 5 heteroatoms. The maximum absolute atomic E-state index is 12.8. The smallest absolute Gasteiger partial charge is 0.166 e. The van der Waals surface area contributed by atoms with Crippen LogP contribution >= 0.6 is 0 Å². The third kappa shape index (κ3) is 2.03. The summed E-state index contributed by atoms with van der Waals surface area (Å²) in [5.41, 5.74) is 1.61. The number of carbonyl (C=O) groups excluding carboxylic acids is 1. The Morgan fingerprint density at radius 1 is 1.24 bits per heavy atom. The number of fused-ring (bicyclic) bond motifs is 5. The molecule has 0 amide bonds. The molecule has 0 aromatic carbocycles. The van der Waals surface area contributed by atoms with Gasteiger partial charge in [0.25, 0.3) is 0 Å². The van der Waals surface area contributed by atoms with E-state index in [0.29, 0.717) is 12.3 Å². The first-order chi connectivity index (χ1) is 11.8. The van der Waals surface area contributed by atoms with E-state index in [1.165, 1.54) is 11.1 Å². The fourth-order valence-corrected chi connectivity index (χ4v) is 6.93. The van der Waals surface area contributed by atoms with Crippen molar-refractivity contribution >= 4 is 5.78 Å². The molecule has 4 rings (SSSR count). The summed E-state index contributed by atoms with van der Waals surface area (Å²) in [7, 11) is 0. The highest BCUT2D eigenvalue weighted by atomic mass is 17.1. The fraction of sp³-hybridized carbons (Fsp3) is 0.750. The average molecular weight is 348 g/mol. The molecule has 3 aliphatic rings. The van der Waals surface area contributed by atoms with Crippen molar-refractivity contribution in [3.8, 4) is 0 Å². The van der Waals surface area contributed by atoms with Crippen molar-refractivity contribution in [3.05, 3.63) is 23.7 Å². The summed E-state index contributed by atoms with van der Waals surface area (Å²) < 4.78 is 5.51. The summed E-state index contributed by atoms with van der Waals surface area (Å²) in [5.74, 6) is 0.379. The number of hydrogen-bond donors (Lipinski definition) is 2. The van der Waals surface area contributed by atoms with Gasteiger partial charge in [-0.15, -0.1) is 0 Å². The zero-order chi connectivity index (χ0) is 18.0. The quantitative estimate of drug-likeness (QED) is 0.633. The van der Waals surface area contributed by atoms with Crippen LogP contribution in [0.4, 0.5) is 0 Å². The summed E-state index contributed by atoms with van der Waals surface area (Å²) in [6, 6.07) is 0. The second kappa shape index (κ2) is 5.41. The average Bonchev–Trinajstić information content (AvgIpc) is 3.04. The van der Waals surface area contributed by atoms with E-state index < -0.39 is 11.5 Å². The van der Waals surface area contributed by atoms with Gasteiger partial charge < -0.3 is 9.52 Å². The molecule has 0 bridgehead atoms. The van der Waals surface area contributed by atoms with Crippen molar-refractivity contribution in [2.45, 2.75) is 64.4 Å². The number of aliphatic hydroxyl groups excluding tert-OH is 1. The molecule has 2 unspecified atom stereocenters. The number of furan rings is 1. The van der Waals surface area contributed by atoms with Gasteiger partial charge in [-0.3, -0.25) is 10.1 Å². The van der Waals surface area contributed by atoms with Gasteiger partial charge in [-0.05, 0) is 59.5 Å². The molecule has 1 heterocycles. The molecule has 0 aliphatic heterocycles. The van der Waals surface area contributed by atoms with E-state index in [2.05, 4.69) is 18.7 Å². The third-order valence-corrected chi connectivity index (χ3v) is 8.06. The second-order valence-corrected chi connectivity index (χ2v) is 9.21. The molecular weight excluding hydrogens is 320 g/mol. The first kappa shape index (κ1) is 17.3. The first-order valence-corrected chi connectivity index (χ1v) is 9.30. The van der Waals surface area contributed by atoms with E-state index in [1.807, 2.05) is 19.5 Å². The lowest BCUT2D eigenvalue weighted by Gasteiger charge is -2.64. The number of Topliss-reactive ketones (excluding diaryl/α,β-unsaturated/α-hetero) is 1. The van der Waals surface area contributed by atoms with Crippen molar-refractivity contribution < 1.29 is 24.5 Å². The maximum Gasteiger partial charge on any atom is 0.166 e. The van der Waals surface area contributed by atoms with E-state index in [9.17, 15) is 15.2 Å². The molecule has 2 saturated carbocycles. The molecule has 0 radical (unpaired) electrons. The minimum Gasteiger partial charge on any atom is -0.472 e. The minimum atomic E-state index is -0.937. The predicted octanol–water partition coefficient (Wildman–Crippen LogP) is 3.35. The SMILES string of the molecule is C[C@]12CC(=O)[C@@H](OO)[C@](C)(CO)C1CC[C@@]1(C)c3cocc3CCC21. The number of aliphatic hydroxyl groups is 1. The van der Waals surface area contributed by atoms with Crippen LogP contribution in [-0.4, -0.2) is 28.9 Å². The Labute approximate surface area is 148 Å². The maximum atomic E-state index is 12.8. The number of ketones is 1. The van der Waals surface area contributed by atoms with Crippen LogP contribution in [0.5, 0.6) is 0 Å². The van der Waals surface area contributed by atoms with Gasteiger partial charge >= 0.3 is 0 Å². The number of carbonyl (C=O) groups is 1. The van der Waals surface area contributed by atoms with Crippen LogP contribution in [0.2, 0.25) is 0 Å². The molecule has 6 atom stereocenters. The largest absolute Gasteiger partial charge is 0.472 e. The first-order valence-electron chi connectivity index (χ1n) is 9.30. The summed E-state index contributed by atoms with van der Waals surface area (Å²) in [6.45, 7) is 6.25. The number of aryl methyl sites for hydroxylation is 1. The van der Waals surface area contributed by atoms with Gasteiger partial charge in [0.1, 0.15) is 0 Å². The molecule has 0 spiro atoms. The standard InChI is InChI=1S/C20H28O5/c1-18-7-6-16-19(2,8-14(22)17(25-23)20(16,3)11-21)15(18)5-4-12-9-24-10-13(12)18/h9-10,15-17,21,23H,4-8,11H2,1-3H3/t15?,16?,17-,18+,19-,20-/m1/s1. The minimum absolute atomic E-state index is 0.00458. The number of hydrogen-bond acceptors (Lipinski definition) is 5. The van der Waals surface area contributed by atoms with Gasteiger partial charge in [0, 0.05) is 11.8 Å². The van der Waals surface area contributed by atoms with E-state index in [0.717, 1.165) is 25.7 Å². The Morgan fingerprint density at radius 3 is 2.68 bits per heavy atom. The van der Waals surface area contributed by atoms with Gasteiger partial charge in [0.05, 0.1) is 19.1 Å². The molecule has 5 nitrogen and oxygen atoms in total. The van der Waals surface area contributed by atoms with Crippen LogP contribution in [0.15, 0.2) is 16.9 Å². The topological polar surface area (TPSA) is 79.9 Å². The molecule has 1 aromatic rings. The highest BCUT2D eigenvalue weighted by Crippen LogP contribution is 2.66. The molecule has 25 heavy (non-hydrogen) atoms. The lowest BCUT2D eigenvalue weighted by molar-refractivity contribution is -0.316. The normalized spacial score (nSPS) is 46.3. The van der Waals surface area contributed by atoms with Gasteiger partial charge in [-0.2, -0.15) is 0 Å². The zero-order valence-electron chi connectivity index (χ0n) is 15.2. The Morgan fingerprint density at radius 2 is 2.00 bits per heavy atom. The molecule has 2 fully saturated rings. The van der Waals surface area contributed by atoms with Crippen LogP contribution < -0.4 is 0 Å². The second-order valence-electron chi connectivity index (χ2n) is 9.21. The summed E-state index contributed by atoms with van der Waals surface area (Å²) >= 11 is 0. The van der Waals surface area contributed by atoms with Gasteiger partial charge in [0.15, 0.2) is 11.9 Å². The predicted molar refractivity (Wildman–Crippen MR) is 91.0 cm³/mol. The van der Waals surface area contributed by atoms with Crippen molar-refractivity contribution in [1.82, 2.24) is 0 Å². The van der Waals surface area contributed by atoms with E-state index >= 15 is 0 Å². The third-order valence-electron chi connectivity index (χ3n) is 8.06. The highest BCUT2D eigenvalue weighted by Gasteiger charge is 2.65. The summed E-state index contributed by atoms with van der Waals surface area (Å²) in [5, 5.41) is 19.5. The van der Waals surface area contributed by atoms with Crippen molar-refractivity contribution in [1.29, 1.82) is 0 Å². The van der Waals surface area contributed by atoms with Crippen molar-refractivity contribution in [2.24, 2.45) is 22.7 Å². The monoisotopic (exact) mass is 348 g/mol. The highest BCUT2D eigenvalue weighted by molar-refractivity contribution is 5.86. The summed E-state index contributed by atoms with van der Waals surface area (Å²) in [4.78, 5) is 17.4. The Kier molecular flexibility index (Phi) is 3.74. The van der Waals surface area contributed by atoms with Crippen LogP contribution in [0.3, 0.4) is 0 Å². The lowest BCUT2D eigenvalue weighted by Crippen LogP contribution is -2.65. The molecular formula is C20H28O5. The van der Waals surface area contributed by atoms with E-state index in [1.54, 1.807) is 0 Å². The van der Waals surface area contributed by atoms with E-state index in [4.69, 9.17) is 4.42 Å². The van der Waals surface area contributed by atoms with Crippen molar-refractivity contribution in [2.75, 3.05) is 6.61 Å². The van der Waals surface area contributed by atoms with E-state index in [-0.39, 0.29) is 29.1 Å². The van der Waals surface area contributed by atoms with Gasteiger partial charge in [-0.25, -0.2) is 4.89 Å². The van der Waals surface area contributed by atoms with Crippen molar-refractivity contribution in [3.63, 3.8) is 0 Å². The molecule has 2 N–H and O–H groups in total. The Hall–Kier alpha value is -1.17. The molecule has 0 saturated heterocycles. The van der Waals surface area contributed by atoms with Gasteiger partial charge in [-0.1, -0.05) is 20.8 Å². The van der Waals surface area contributed by atoms with Crippen LogP contribution in [0.1, 0.15) is 57.6 Å².